The van der Waals surface area contributed by atoms with Gasteiger partial charge in [-0.15, -0.1) is 0 Å². The summed E-state index contributed by atoms with van der Waals surface area (Å²) in [5.41, 5.74) is 7.51. The predicted molar refractivity (Wildman–Crippen MR) is 79.0 cm³/mol. The number of nitrogens with two attached hydrogens (primary N) is 1. The van der Waals surface area contributed by atoms with Crippen LogP contribution < -0.4 is 5.73 Å². The van der Waals surface area contributed by atoms with Gasteiger partial charge >= 0.3 is 5.97 Å². The smallest absolute Gasteiger partial charge is 0.306 e. The van der Waals surface area contributed by atoms with E-state index in [4.69, 9.17) is 10.5 Å². The van der Waals surface area contributed by atoms with Crippen molar-refractivity contribution in [3.63, 3.8) is 0 Å². The molecule has 1 aromatic carbocycles. The Balaban J connectivity index is 2.26. The molecule has 0 spiro atoms. The second-order valence-corrected chi connectivity index (χ2v) is 5.05. The zero-order valence-corrected chi connectivity index (χ0v) is 12.0. The van der Waals surface area contributed by atoms with Crippen LogP contribution in [0.25, 0.3) is 0 Å². The molecule has 0 bridgehead atoms. The molecule has 106 valence electrons. The number of carbonyl (C=O) groups is 1. The highest BCUT2D eigenvalue weighted by Crippen LogP contribution is 2.20. The maximum atomic E-state index is 11.7. The van der Waals surface area contributed by atoms with Crippen LogP contribution in [0.3, 0.4) is 0 Å². The summed E-state index contributed by atoms with van der Waals surface area (Å²) in [6.07, 6.45) is 4.94. The summed E-state index contributed by atoms with van der Waals surface area (Å²) in [6, 6.07) is 7.66. The lowest BCUT2D eigenvalue weighted by Gasteiger charge is -2.11. The topological polar surface area (TPSA) is 52.3 Å². The van der Waals surface area contributed by atoms with Gasteiger partial charge in [0.1, 0.15) is 0 Å². The van der Waals surface area contributed by atoms with E-state index in [-0.39, 0.29) is 11.9 Å². The van der Waals surface area contributed by atoms with Gasteiger partial charge in [-0.05, 0) is 30.0 Å². The Kier molecular flexibility index (Phi) is 7.01. The molecule has 1 aromatic rings. The van der Waals surface area contributed by atoms with E-state index in [1.54, 1.807) is 0 Å². The lowest BCUT2D eigenvalue weighted by molar-refractivity contribution is -0.144. The zero-order chi connectivity index (χ0) is 14.1. The van der Waals surface area contributed by atoms with E-state index in [1.807, 2.05) is 31.2 Å². The van der Waals surface area contributed by atoms with Crippen LogP contribution in [-0.2, 0) is 9.53 Å². The van der Waals surface area contributed by atoms with Gasteiger partial charge in [-0.25, -0.2) is 0 Å². The molecule has 19 heavy (non-hydrogen) atoms. The Labute approximate surface area is 116 Å². The lowest BCUT2D eigenvalue weighted by Crippen LogP contribution is -2.09. The van der Waals surface area contributed by atoms with Crippen LogP contribution in [0.2, 0.25) is 0 Å². The van der Waals surface area contributed by atoms with Crippen molar-refractivity contribution in [2.75, 3.05) is 12.3 Å². The molecule has 0 aliphatic carbocycles. The van der Waals surface area contributed by atoms with Crippen LogP contribution in [0.15, 0.2) is 24.3 Å². The maximum Gasteiger partial charge on any atom is 0.306 e. The largest absolute Gasteiger partial charge is 0.466 e. The van der Waals surface area contributed by atoms with Crippen molar-refractivity contribution in [1.82, 2.24) is 0 Å². The van der Waals surface area contributed by atoms with Crippen LogP contribution in [0.4, 0.5) is 5.69 Å². The molecular weight excluding hydrogens is 238 g/mol. The summed E-state index contributed by atoms with van der Waals surface area (Å²) in [4.78, 5) is 11.7. The summed E-state index contributed by atoms with van der Waals surface area (Å²) < 4.78 is 5.24. The molecule has 0 aromatic heterocycles. The molecule has 3 heteroatoms. The summed E-state index contributed by atoms with van der Waals surface area (Å²) in [6.45, 7) is 4.75. The van der Waals surface area contributed by atoms with E-state index in [2.05, 4.69) is 6.92 Å². The fourth-order valence-corrected chi connectivity index (χ4v) is 1.97. The molecule has 1 rings (SSSR count). The zero-order valence-electron chi connectivity index (χ0n) is 12.0. The third kappa shape index (κ3) is 6.27. The van der Waals surface area contributed by atoms with Crippen LogP contribution in [0, 0.1) is 0 Å². The molecule has 1 atom stereocenters. The number of nitrogen functional groups attached to an aromatic ring is 1. The van der Waals surface area contributed by atoms with Gasteiger partial charge in [-0.2, -0.15) is 0 Å². The maximum absolute atomic E-state index is 11.7. The van der Waals surface area contributed by atoms with Gasteiger partial charge in [-0.3, -0.25) is 4.79 Å². The first-order valence-corrected chi connectivity index (χ1v) is 7.14. The van der Waals surface area contributed by atoms with Gasteiger partial charge in [0, 0.05) is 5.69 Å². The van der Waals surface area contributed by atoms with Crippen molar-refractivity contribution in [2.24, 2.45) is 0 Å². The fraction of sp³-hybridized carbons (Fsp3) is 0.562. The van der Waals surface area contributed by atoms with Gasteiger partial charge in [-0.1, -0.05) is 45.2 Å². The van der Waals surface area contributed by atoms with Crippen molar-refractivity contribution >= 4 is 11.7 Å². The highest BCUT2D eigenvalue weighted by molar-refractivity contribution is 5.70. The van der Waals surface area contributed by atoms with Crippen LogP contribution in [0.5, 0.6) is 0 Å². The van der Waals surface area contributed by atoms with E-state index in [1.165, 1.54) is 12.8 Å². The Morgan fingerprint density at radius 3 is 2.53 bits per heavy atom. The normalized spacial score (nSPS) is 12.1. The number of hydrogen-bond acceptors (Lipinski definition) is 3. The van der Waals surface area contributed by atoms with E-state index in [0.29, 0.717) is 13.0 Å². The molecule has 0 fully saturated rings. The third-order valence-corrected chi connectivity index (χ3v) is 3.24. The number of carbonyl (C=O) groups excluding carboxylic acids is 1. The predicted octanol–water partition coefficient (Wildman–Crippen LogP) is 3.89. The molecule has 0 saturated carbocycles. The average molecular weight is 263 g/mol. The van der Waals surface area contributed by atoms with Gasteiger partial charge in [0.15, 0.2) is 0 Å². The molecule has 0 saturated heterocycles. The summed E-state index contributed by atoms with van der Waals surface area (Å²) in [5.74, 6) is 0.0598. The van der Waals surface area contributed by atoms with E-state index >= 15 is 0 Å². The number of rotatable bonds is 8. The molecule has 1 unspecified atom stereocenters. The van der Waals surface area contributed by atoms with Crippen LogP contribution in [0.1, 0.15) is 57.4 Å². The van der Waals surface area contributed by atoms with E-state index in [0.717, 1.165) is 24.1 Å². The molecule has 3 nitrogen and oxygen atoms in total. The van der Waals surface area contributed by atoms with E-state index in [9.17, 15) is 4.79 Å². The lowest BCUT2D eigenvalue weighted by atomic mass is 9.98. The quantitative estimate of drug-likeness (QED) is 0.440. The number of unbranched alkanes of at least 4 members (excludes halogenated alkanes) is 3. The first-order chi connectivity index (χ1) is 9.13. The number of hydrogen-bond donors (Lipinski definition) is 1. The molecule has 0 aliphatic rings. The second kappa shape index (κ2) is 8.57. The average Bonchev–Trinajstić information content (AvgIpc) is 2.39. The van der Waals surface area contributed by atoms with Gasteiger partial charge < -0.3 is 10.5 Å². The SMILES string of the molecule is CCCCCCOC(=O)CC(C)c1ccc(N)cc1. The Morgan fingerprint density at radius 1 is 1.21 bits per heavy atom. The number of esters is 1. The molecule has 2 N–H and O–H groups in total. The van der Waals surface area contributed by atoms with Gasteiger partial charge in [0.05, 0.1) is 13.0 Å². The minimum atomic E-state index is -0.110. The van der Waals surface area contributed by atoms with Crippen molar-refractivity contribution in [3.8, 4) is 0 Å². The standard InChI is InChI=1S/C16H25NO2/c1-3-4-5-6-11-19-16(18)12-13(2)14-7-9-15(17)10-8-14/h7-10,13H,3-6,11-12,17H2,1-2H3. The second-order valence-electron chi connectivity index (χ2n) is 5.05. The van der Waals surface area contributed by atoms with E-state index < -0.39 is 0 Å². The molecule has 0 aliphatic heterocycles. The Bertz CT molecular complexity index is 373. The molecule has 0 heterocycles. The molecular formula is C16H25NO2. The van der Waals surface area contributed by atoms with Crippen LogP contribution >= 0.6 is 0 Å². The first kappa shape index (κ1) is 15.5. The highest BCUT2D eigenvalue weighted by atomic mass is 16.5. The number of benzene rings is 1. The third-order valence-electron chi connectivity index (χ3n) is 3.24. The summed E-state index contributed by atoms with van der Waals surface area (Å²) in [7, 11) is 0. The number of ether oxygens (including phenoxy) is 1. The van der Waals surface area contributed by atoms with Crippen molar-refractivity contribution in [2.45, 2.75) is 51.9 Å². The molecule has 0 amide bonds. The number of anilines is 1. The minimum Gasteiger partial charge on any atom is -0.466 e. The monoisotopic (exact) mass is 263 g/mol. The van der Waals surface area contributed by atoms with Crippen molar-refractivity contribution in [1.29, 1.82) is 0 Å². The van der Waals surface area contributed by atoms with Crippen LogP contribution in [-0.4, -0.2) is 12.6 Å². The Morgan fingerprint density at radius 2 is 1.89 bits per heavy atom. The van der Waals surface area contributed by atoms with Crippen molar-refractivity contribution in [3.05, 3.63) is 29.8 Å². The fourth-order valence-electron chi connectivity index (χ4n) is 1.97. The first-order valence-electron chi connectivity index (χ1n) is 7.14. The van der Waals surface area contributed by atoms with Gasteiger partial charge in [0.25, 0.3) is 0 Å². The molecule has 0 radical (unpaired) electrons. The highest BCUT2D eigenvalue weighted by Gasteiger charge is 2.12. The minimum absolute atomic E-state index is 0.110. The van der Waals surface area contributed by atoms with Crippen molar-refractivity contribution < 1.29 is 9.53 Å². The summed E-state index contributed by atoms with van der Waals surface area (Å²) >= 11 is 0. The summed E-state index contributed by atoms with van der Waals surface area (Å²) in [5, 5.41) is 0. The van der Waals surface area contributed by atoms with Gasteiger partial charge in [0.2, 0.25) is 0 Å². The Hall–Kier alpha value is -1.51.